The van der Waals surface area contributed by atoms with Crippen LogP contribution in [0.4, 0.5) is 5.69 Å². The molecule has 0 bridgehead atoms. The fourth-order valence-corrected chi connectivity index (χ4v) is 4.30. The zero-order valence-electron chi connectivity index (χ0n) is 19.1. The number of rotatable bonds is 9. The molecule has 0 unspecified atom stereocenters. The van der Waals surface area contributed by atoms with E-state index in [-0.39, 0.29) is 24.6 Å². The summed E-state index contributed by atoms with van der Waals surface area (Å²) in [5, 5.41) is 6.25. The third-order valence-corrected chi connectivity index (χ3v) is 6.19. The first-order valence-corrected chi connectivity index (χ1v) is 11.8. The Morgan fingerprint density at radius 3 is 2.70 bits per heavy atom. The lowest BCUT2D eigenvalue weighted by molar-refractivity contribution is -0.145. The smallest absolute Gasteiger partial charge is 0.307 e. The quantitative estimate of drug-likeness (QED) is 0.571. The van der Waals surface area contributed by atoms with Gasteiger partial charge in [0.05, 0.1) is 12.5 Å². The molecule has 0 saturated carbocycles. The van der Waals surface area contributed by atoms with Gasteiger partial charge in [-0.1, -0.05) is 36.4 Å². The van der Waals surface area contributed by atoms with Crippen molar-refractivity contribution in [1.82, 2.24) is 10.2 Å². The molecule has 0 atom stereocenters. The van der Waals surface area contributed by atoms with E-state index < -0.39 is 0 Å². The first kappa shape index (κ1) is 23.4. The van der Waals surface area contributed by atoms with Gasteiger partial charge in [0.25, 0.3) is 0 Å². The Balaban J connectivity index is 1.21. The molecule has 0 aromatic heterocycles. The Labute approximate surface area is 195 Å². The fraction of sp³-hybridized carbons (Fsp3) is 0.462. The molecule has 33 heavy (non-hydrogen) atoms. The SMILES string of the molecule is O=C(COC1CCNCC1)Nc1ccc2c(c1)CN(CCC(=O)OCc1ccccc1)CC2. The van der Waals surface area contributed by atoms with Gasteiger partial charge < -0.3 is 20.1 Å². The highest BCUT2D eigenvalue weighted by molar-refractivity contribution is 5.91. The number of nitrogens with one attached hydrogen (secondary N) is 2. The predicted octanol–water partition coefficient (Wildman–Crippen LogP) is 2.89. The van der Waals surface area contributed by atoms with Crippen molar-refractivity contribution in [1.29, 1.82) is 0 Å². The summed E-state index contributed by atoms with van der Waals surface area (Å²) >= 11 is 0. The van der Waals surface area contributed by atoms with Crippen LogP contribution in [0.5, 0.6) is 0 Å². The Hall–Kier alpha value is -2.74. The summed E-state index contributed by atoms with van der Waals surface area (Å²) in [6.45, 7) is 4.61. The van der Waals surface area contributed by atoms with Crippen LogP contribution in [-0.4, -0.2) is 55.7 Å². The number of amides is 1. The van der Waals surface area contributed by atoms with Gasteiger partial charge in [0.2, 0.25) is 5.91 Å². The number of hydrogen-bond acceptors (Lipinski definition) is 6. The van der Waals surface area contributed by atoms with Crippen LogP contribution in [0.1, 0.15) is 36.0 Å². The summed E-state index contributed by atoms with van der Waals surface area (Å²) in [5.41, 5.74) is 4.27. The summed E-state index contributed by atoms with van der Waals surface area (Å²) in [7, 11) is 0. The van der Waals surface area contributed by atoms with Crippen LogP contribution < -0.4 is 10.6 Å². The second-order valence-electron chi connectivity index (χ2n) is 8.71. The van der Waals surface area contributed by atoms with Crippen LogP contribution in [0.25, 0.3) is 0 Å². The molecule has 2 aliphatic heterocycles. The van der Waals surface area contributed by atoms with Crippen molar-refractivity contribution >= 4 is 17.6 Å². The topological polar surface area (TPSA) is 79.9 Å². The molecule has 2 aromatic rings. The van der Waals surface area contributed by atoms with E-state index in [1.807, 2.05) is 42.5 Å². The summed E-state index contributed by atoms with van der Waals surface area (Å²) in [6, 6.07) is 15.8. The van der Waals surface area contributed by atoms with E-state index in [9.17, 15) is 9.59 Å². The molecule has 0 spiro atoms. The summed E-state index contributed by atoms with van der Waals surface area (Å²) in [5.74, 6) is -0.304. The maximum Gasteiger partial charge on any atom is 0.307 e. The molecule has 7 heteroatoms. The average molecular weight is 452 g/mol. The van der Waals surface area contributed by atoms with Crippen molar-refractivity contribution < 1.29 is 19.1 Å². The van der Waals surface area contributed by atoms with Gasteiger partial charge in [-0.2, -0.15) is 0 Å². The number of benzene rings is 2. The number of hydrogen-bond donors (Lipinski definition) is 2. The number of carbonyl (C=O) groups excluding carboxylic acids is 2. The monoisotopic (exact) mass is 451 g/mol. The van der Waals surface area contributed by atoms with Crippen molar-refractivity contribution in [3.8, 4) is 0 Å². The molecule has 0 aliphatic carbocycles. The van der Waals surface area contributed by atoms with E-state index in [1.54, 1.807) is 0 Å². The van der Waals surface area contributed by atoms with Crippen molar-refractivity contribution in [3.05, 3.63) is 65.2 Å². The predicted molar refractivity (Wildman–Crippen MR) is 127 cm³/mol. The first-order valence-electron chi connectivity index (χ1n) is 11.8. The lowest BCUT2D eigenvalue weighted by Gasteiger charge is -2.29. The second kappa shape index (κ2) is 11.9. The molecular formula is C26H33N3O4. The maximum atomic E-state index is 12.3. The van der Waals surface area contributed by atoms with Crippen LogP contribution in [0.15, 0.2) is 48.5 Å². The standard InChI is InChI=1S/C26H33N3O4/c30-25(19-32-24-8-12-27-13-9-24)28-23-7-6-21-10-14-29(17-22(21)16-23)15-11-26(31)33-18-20-4-2-1-3-5-20/h1-7,16,24,27H,8-15,17-19H2,(H,28,30). The van der Waals surface area contributed by atoms with Crippen molar-refractivity contribution in [2.45, 2.75) is 44.9 Å². The van der Waals surface area contributed by atoms with Gasteiger partial charge in [-0.15, -0.1) is 0 Å². The number of anilines is 1. The Bertz CT molecular complexity index is 928. The number of piperidine rings is 1. The third kappa shape index (κ3) is 7.39. The highest BCUT2D eigenvalue weighted by Gasteiger charge is 2.19. The fourth-order valence-electron chi connectivity index (χ4n) is 4.30. The van der Waals surface area contributed by atoms with Crippen molar-refractivity contribution in [2.75, 3.05) is 38.1 Å². The van der Waals surface area contributed by atoms with Gasteiger partial charge in [-0.25, -0.2) is 0 Å². The molecule has 4 rings (SSSR count). The van der Waals surface area contributed by atoms with Crippen LogP contribution in [0.2, 0.25) is 0 Å². The largest absolute Gasteiger partial charge is 0.461 e. The molecular weight excluding hydrogens is 418 g/mol. The Kier molecular flexibility index (Phi) is 8.47. The molecule has 1 fully saturated rings. The van der Waals surface area contributed by atoms with Crippen LogP contribution >= 0.6 is 0 Å². The molecule has 2 aromatic carbocycles. The van der Waals surface area contributed by atoms with Gasteiger partial charge >= 0.3 is 5.97 Å². The molecule has 2 aliphatic rings. The van der Waals surface area contributed by atoms with Gasteiger partial charge in [0.1, 0.15) is 13.2 Å². The highest BCUT2D eigenvalue weighted by Crippen LogP contribution is 2.23. The normalized spacial score (nSPS) is 16.7. The van der Waals surface area contributed by atoms with Gasteiger partial charge in [-0.05, 0) is 61.2 Å². The molecule has 176 valence electrons. The van der Waals surface area contributed by atoms with E-state index in [0.29, 0.717) is 19.6 Å². The number of fused-ring (bicyclic) bond motifs is 1. The molecule has 1 amide bonds. The lowest BCUT2D eigenvalue weighted by atomic mass is 9.99. The third-order valence-electron chi connectivity index (χ3n) is 6.19. The molecule has 2 N–H and O–H groups in total. The Morgan fingerprint density at radius 1 is 1.06 bits per heavy atom. The minimum atomic E-state index is -0.181. The highest BCUT2D eigenvalue weighted by atomic mass is 16.5. The number of nitrogens with zero attached hydrogens (tertiary/aromatic N) is 1. The van der Waals surface area contributed by atoms with Crippen molar-refractivity contribution in [2.24, 2.45) is 0 Å². The van der Waals surface area contributed by atoms with E-state index >= 15 is 0 Å². The van der Waals surface area contributed by atoms with E-state index in [0.717, 1.165) is 56.7 Å². The zero-order valence-corrected chi connectivity index (χ0v) is 19.1. The number of ether oxygens (including phenoxy) is 2. The summed E-state index contributed by atoms with van der Waals surface area (Å²) in [6.07, 6.45) is 3.35. The van der Waals surface area contributed by atoms with Crippen LogP contribution in [-0.2, 0) is 38.6 Å². The average Bonchev–Trinajstić information content (AvgIpc) is 2.86. The van der Waals surface area contributed by atoms with Crippen LogP contribution in [0.3, 0.4) is 0 Å². The minimum absolute atomic E-state index is 0.0823. The zero-order chi connectivity index (χ0) is 22.9. The number of carbonyl (C=O) groups is 2. The first-order chi connectivity index (χ1) is 16.2. The van der Waals surface area contributed by atoms with Gasteiger partial charge in [0, 0.05) is 25.3 Å². The van der Waals surface area contributed by atoms with Gasteiger partial charge in [-0.3, -0.25) is 14.5 Å². The lowest BCUT2D eigenvalue weighted by Crippen LogP contribution is -2.34. The molecule has 2 heterocycles. The van der Waals surface area contributed by atoms with E-state index in [1.165, 1.54) is 11.1 Å². The summed E-state index contributed by atoms with van der Waals surface area (Å²) < 4.78 is 11.1. The van der Waals surface area contributed by atoms with E-state index in [4.69, 9.17) is 9.47 Å². The maximum absolute atomic E-state index is 12.3. The minimum Gasteiger partial charge on any atom is -0.461 e. The van der Waals surface area contributed by atoms with Crippen molar-refractivity contribution in [3.63, 3.8) is 0 Å². The van der Waals surface area contributed by atoms with E-state index in [2.05, 4.69) is 21.6 Å². The number of esters is 1. The van der Waals surface area contributed by atoms with Crippen LogP contribution in [0, 0.1) is 0 Å². The van der Waals surface area contributed by atoms with Gasteiger partial charge in [0.15, 0.2) is 0 Å². The molecule has 1 saturated heterocycles. The molecule has 0 radical (unpaired) electrons. The Morgan fingerprint density at radius 2 is 1.88 bits per heavy atom. The second-order valence-corrected chi connectivity index (χ2v) is 8.71. The molecule has 7 nitrogen and oxygen atoms in total. The summed E-state index contributed by atoms with van der Waals surface area (Å²) in [4.78, 5) is 26.7.